The lowest BCUT2D eigenvalue weighted by Crippen LogP contribution is -2.20. The Balaban J connectivity index is 2.13. The van der Waals surface area contributed by atoms with Gasteiger partial charge in [-0.15, -0.1) is 0 Å². The molecule has 0 bridgehead atoms. The third kappa shape index (κ3) is 3.60. The standard InChI is InChI=1S/C17H8Cl2F3IN2O/c18-10-7-11(19)15(14-8(10)3-2-6-24-14)25-16(26)13-9(17(20,21)22)4-1-5-12(13)23/h1-7H,(H,25,26). The lowest BCUT2D eigenvalue weighted by Gasteiger charge is -2.16. The summed E-state index contributed by atoms with van der Waals surface area (Å²) in [7, 11) is 0. The zero-order valence-electron chi connectivity index (χ0n) is 12.7. The lowest BCUT2D eigenvalue weighted by atomic mass is 10.1. The molecular formula is C17H8Cl2F3IN2O. The summed E-state index contributed by atoms with van der Waals surface area (Å²) >= 11 is 13.9. The third-order valence-electron chi connectivity index (χ3n) is 3.58. The number of carbonyl (C=O) groups excluding carboxylic acids is 1. The lowest BCUT2D eigenvalue weighted by molar-refractivity contribution is -0.137. The zero-order valence-corrected chi connectivity index (χ0v) is 16.3. The van der Waals surface area contributed by atoms with Crippen LogP contribution in [0.1, 0.15) is 15.9 Å². The van der Waals surface area contributed by atoms with Crippen molar-refractivity contribution in [1.29, 1.82) is 0 Å². The molecule has 0 atom stereocenters. The number of hydrogen-bond acceptors (Lipinski definition) is 2. The van der Waals surface area contributed by atoms with Crippen LogP contribution in [0, 0.1) is 3.57 Å². The van der Waals surface area contributed by atoms with Crippen molar-refractivity contribution in [2.45, 2.75) is 6.18 Å². The highest BCUT2D eigenvalue weighted by Crippen LogP contribution is 2.37. The fraction of sp³-hybridized carbons (Fsp3) is 0.0588. The number of nitrogens with zero attached hydrogens (tertiary/aromatic N) is 1. The topological polar surface area (TPSA) is 42.0 Å². The van der Waals surface area contributed by atoms with E-state index >= 15 is 0 Å². The zero-order chi connectivity index (χ0) is 19.1. The molecule has 2 aromatic carbocycles. The van der Waals surface area contributed by atoms with Crippen LogP contribution in [0.25, 0.3) is 10.9 Å². The first-order valence-corrected chi connectivity index (χ1v) is 8.93. The molecule has 9 heteroatoms. The average molecular weight is 511 g/mol. The molecule has 1 N–H and O–H groups in total. The van der Waals surface area contributed by atoms with E-state index in [1.165, 1.54) is 24.4 Å². The van der Waals surface area contributed by atoms with Crippen LogP contribution >= 0.6 is 45.8 Å². The van der Waals surface area contributed by atoms with Gasteiger partial charge in [-0.3, -0.25) is 9.78 Å². The van der Waals surface area contributed by atoms with Gasteiger partial charge in [-0.2, -0.15) is 13.2 Å². The first-order chi connectivity index (χ1) is 12.2. The maximum Gasteiger partial charge on any atom is 0.417 e. The molecule has 3 aromatic rings. The molecule has 0 aliphatic rings. The molecule has 0 aliphatic heterocycles. The normalized spacial score (nSPS) is 11.6. The number of pyridine rings is 1. The molecule has 134 valence electrons. The number of fused-ring (bicyclic) bond motifs is 1. The summed E-state index contributed by atoms with van der Waals surface area (Å²) in [6, 6.07) is 8.25. The molecule has 1 aromatic heterocycles. The van der Waals surface area contributed by atoms with Gasteiger partial charge in [0.2, 0.25) is 0 Å². The van der Waals surface area contributed by atoms with Gasteiger partial charge in [0.05, 0.1) is 32.4 Å². The van der Waals surface area contributed by atoms with E-state index in [4.69, 9.17) is 23.2 Å². The van der Waals surface area contributed by atoms with Gasteiger partial charge in [-0.05, 0) is 52.9 Å². The number of anilines is 1. The molecule has 0 aliphatic carbocycles. The van der Waals surface area contributed by atoms with Crippen LogP contribution in [-0.2, 0) is 6.18 Å². The largest absolute Gasteiger partial charge is 0.417 e. The van der Waals surface area contributed by atoms with Crippen molar-refractivity contribution >= 4 is 68.3 Å². The second-order valence-corrected chi connectivity index (χ2v) is 7.21. The number of alkyl halides is 3. The first-order valence-electron chi connectivity index (χ1n) is 7.10. The number of benzene rings is 2. The van der Waals surface area contributed by atoms with Gasteiger partial charge in [-0.25, -0.2) is 0 Å². The summed E-state index contributed by atoms with van der Waals surface area (Å²) in [6.45, 7) is 0. The van der Waals surface area contributed by atoms with Gasteiger partial charge < -0.3 is 5.32 Å². The highest BCUT2D eigenvalue weighted by atomic mass is 127. The van der Waals surface area contributed by atoms with Gasteiger partial charge in [0.1, 0.15) is 0 Å². The molecule has 0 saturated heterocycles. The summed E-state index contributed by atoms with van der Waals surface area (Å²) in [5.74, 6) is -0.932. The molecule has 0 saturated carbocycles. The van der Waals surface area contributed by atoms with E-state index in [1.54, 1.807) is 34.7 Å². The number of nitrogens with one attached hydrogen (secondary N) is 1. The van der Waals surface area contributed by atoms with Crippen LogP contribution in [0.4, 0.5) is 18.9 Å². The first kappa shape index (κ1) is 19.2. The van der Waals surface area contributed by atoms with Crippen LogP contribution in [-0.4, -0.2) is 10.9 Å². The minimum absolute atomic E-state index is 0.0778. The van der Waals surface area contributed by atoms with Gasteiger partial charge in [0.25, 0.3) is 5.91 Å². The number of hydrogen-bond donors (Lipinski definition) is 1. The highest BCUT2D eigenvalue weighted by molar-refractivity contribution is 14.1. The van der Waals surface area contributed by atoms with E-state index in [0.29, 0.717) is 10.4 Å². The van der Waals surface area contributed by atoms with E-state index in [-0.39, 0.29) is 19.8 Å². The maximum absolute atomic E-state index is 13.3. The highest BCUT2D eigenvalue weighted by Gasteiger charge is 2.36. The van der Waals surface area contributed by atoms with E-state index in [9.17, 15) is 18.0 Å². The number of aromatic nitrogens is 1. The molecule has 0 spiro atoms. The molecule has 0 fully saturated rings. The van der Waals surface area contributed by atoms with Crippen LogP contribution in [0.15, 0.2) is 42.6 Å². The summed E-state index contributed by atoms with van der Waals surface area (Å²) in [6.07, 6.45) is -3.20. The van der Waals surface area contributed by atoms with E-state index < -0.39 is 23.2 Å². The number of rotatable bonds is 2. The fourth-order valence-corrected chi connectivity index (χ4v) is 3.76. The summed E-state index contributed by atoms with van der Waals surface area (Å²) in [5, 5.41) is 3.37. The smallest absolute Gasteiger partial charge is 0.319 e. The molecule has 3 rings (SSSR count). The Morgan fingerprint density at radius 2 is 1.85 bits per heavy atom. The van der Waals surface area contributed by atoms with E-state index in [0.717, 1.165) is 6.07 Å². The van der Waals surface area contributed by atoms with Crippen LogP contribution in [0.2, 0.25) is 10.0 Å². The van der Waals surface area contributed by atoms with Crippen molar-refractivity contribution in [3.63, 3.8) is 0 Å². The monoisotopic (exact) mass is 510 g/mol. The van der Waals surface area contributed by atoms with Crippen LogP contribution < -0.4 is 5.32 Å². The Hall–Kier alpha value is -1.58. The molecule has 1 amide bonds. The molecule has 26 heavy (non-hydrogen) atoms. The Kier molecular flexibility index (Phi) is 5.32. The second kappa shape index (κ2) is 7.21. The SMILES string of the molecule is O=C(Nc1c(Cl)cc(Cl)c2cccnc12)c1c(I)cccc1C(F)(F)F. The van der Waals surface area contributed by atoms with Crippen molar-refractivity contribution in [1.82, 2.24) is 4.98 Å². The number of carbonyl (C=O) groups is 1. The Bertz CT molecular complexity index is 1020. The molecule has 0 radical (unpaired) electrons. The quantitative estimate of drug-likeness (QED) is 0.404. The van der Waals surface area contributed by atoms with Crippen LogP contribution in [0.3, 0.4) is 0 Å². The van der Waals surface area contributed by atoms with E-state index in [2.05, 4.69) is 10.3 Å². The Morgan fingerprint density at radius 3 is 2.54 bits per heavy atom. The predicted molar refractivity (Wildman–Crippen MR) is 104 cm³/mol. The summed E-state index contributed by atoms with van der Waals surface area (Å²) in [4.78, 5) is 16.8. The molecule has 1 heterocycles. The van der Waals surface area contributed by atoms with Gasteiger partial charge >= 0.3 is 6.18 Å². The van der Waals surface area contributed by atoms with E-state index in [1.807, 2.05) is 0 Å². The maximum atomic E-state index is 13.3. The molecule has 0 unspecified atom stereocenters. The van der Waals surface area contributed by atoms with Gasteiger partial charge in [-0.1, -0.05) is 29.3 Å². The molecule has 3 nitrogen and oxygen atoms in total. The van der Waals surface area contributed by atoms with Gasteiger partial charge in [0.15, 0.2) is 0 Å². The third-order valence-corrected chi connectivity index (χ3v) is 5.09. The van der Waals surface area contributed by atoms with Crippen molar-refractivity contribution < 1.29 is 18.0 Å². The van der Waals surface area contributed by atoms with Crippen molar-refractivity contribution in [2.75, 3.05) is 5.32 Å². The number of halogens is 6. The minimum Gasteiger partial charge on any atom is -0.319 e. The minimum atomic E-state index is -4.67. The second-order valence-electron chi connectivity index (χ2n) is 5.23. The Morgan fingerprint density at radius 1 is 1.12 bits per heavy atom. The summed E-state index contributed by atoms with van der Waals surface area (Å²) in [5.41, 5.74) is -1.11. The summed E-state index contributed by atoms with van der Waals surface area (Å²) < 4.78 is 40.0. The molecular weight excluding hydrogens is 503 g/mol. The average Bonchev–Trinajstić information content (AvgIpc) is 2.57. The van der Waals surface area contributed by atoms with Crippen molar-refractivity contribution in [3.8, 4) is 0 Å². The van der Waals surface area contributed by atoms with Crippen molar-refractivity contribution in [2.24, 2.45) is 0 Å². The number of amides is 1. The van der Waals surface area contributed by atoms with Crippen molar-refractivity contribution in [3.05, 3.63) is 67.3 Å². The van der Waals surface area contributed by atoms with Gasteiger partial charge in [0, 0.05) is 15.2 Å². The predicted octanol–water partition coefficient (Wildman–Crippen LogP) is 6.42. The fourth-order valence-electron chi connectivity index (χ4n) is 2.46. The van der Waals surface area contributed by atoms with Crippen LogP contribution in [0.5, 0.6) is 0 Å². The Labute approximate surface area is 169 Å².